The maximum absolute atomic E-state index is 12.1. The molecule has 0 atom stereocenters. The fourth-order valence-corrected chi connectivity index (χ4v) is 2.88. The van der Waals surface area contributed by atoms with Gasteiger partial charge in [0.2, 0.25) is 5.91 Å². The average Bonchev–Trinajstić information content (AvgIpc) is 3.06. The molecule has 0 unspecified atom stereocenters. The van der Waals surface area contributed by atoms with Crippen LogP contribution in [0.1, 0.15) is 25.3 Å². The number of ether oxygens (including phenoxy) is 1. The largest absolute Gasteiger partial charge is 0.484 e. The maximum atomic E-state index is 12.1. The average molecular weight is 338 g/mol. The lowest BCUT2D eigenvalue weighted by molar-refractivity contribution is -0.118. The van der Waals surface area contributed by atoms with Crippen LogP contribution in [-0.4, -0.2) is 25.0 Å². The third kappa shape index (κ3) is 4.38. The Morgan fingerprint density at radius 1 is 1.20 bits per heavy atom. The highest BCUT2D eigenvalue weighted by Crippen LogP contribution is 2.25. The Bertz CT molecular complexity index is 773. The zero-order valence-corrected chi connectivity index (χ0v) is 14.3. The molecular formula is C20H22N2O3. The van der Waals surface area contributed by atoms with Gasteiger partial charge in [-0.2, -0.15) is 0 Å². The number of aryl methyl sites for hydroxylation is 1. The van der Waals surface area contributed by atoms with Gasteiger partial charge in [-0.05, 0) is 42.7 Å². The van der Waals surface area contributed by atoms with Crippen LogP contribution in [0.5, 0.6) is 5.75 Å². The zero-order valence-electron chi connectivity index (χ0n) is 14.3. The molecule has 1 aliphatic rings. The Kier molecular flexibility index (Phi) is 5.33. The molecule has 3 rings (SSSR count). The summed E-state index contributed by atoms with van der Waals surface area (Å²) >= 11 is 0. The van der Waals surface area contributed by atoms with E-state index in [4.69, 9.17) is 4.74 Å². The van der Waals surface area contributed by atoms with Gasteiger partial charge in [0, 0.05) is 30.4 Å². The fraction of sp³-hybridized carbons (Fsp3) is 0.300. The summed E-state index contributed by atoms with van der Waals surface area (Å²) in [4.78, 5) is 25.7. The number of nitrogens with zero attached hydrogens (tertiary/aromatic N) is 1. The number of carbonyl (C=O) groups excluding carboxylic acids is 2. The van der Waals surface area contributed by atoms with E-state index in [1.165, 1.54) is 5.56 Å². The van der Waals surface area contributed by atoms with Crippen LogP contribution in [0.15, 0.2) is 48.5 Å². The molecule has 0 aliphatic carbocycles. The van der Waals surface area contributed by atoms with Crippen LogP contribution in [0.25, 0.3) is 0 Å². The van der Waals surface area contributed by atoms with Crippen LogP contribution in [-0.2, 0) is 16.0 Å². The van der Waals surface area contributed by atoms with Crippen LogP contribution in [0.4, 0.5) is 11.4 Å². The molecule has 2 aromatic rings. The van der Waals surface area contributed by atoms with E-state index in [2.05, 4.69) is 12.2 Å². The Hall–Kier alpha value is -2.82. The van der Waals surface area contributed by atoms with Crippen molar-refractivity contribution >= 4 is 23.2 Å². The number of hydrogen-bond acceptors (Lipinski definition) is 3. The number of nitrogens with one attached hydrogen (secondary N) is 1. The Morgan fingerprint density at radius 3 is 2.80 bits per heavy atom. The first-order chi connectivity index (χ1) is 12.2. The monoisotopic (exact) mass is 338 g/mol. The second kappa shape index (κ2) is 7.83. The molecule has 2 amide bonds. The number of benzene rings is 2. The van der Waals surface area contributed by atoms with E-state index < -0.39 is 0 Å². The van der Waals surface area contributed by atoms with Gasteiger partial charge in [0.25, 0.3) is 5.91 Å². The quantitative estimate of drug-likeness (QED) is 0.878. The van der Waals surface area contributed by atoms with Gasteiger partial charge >= 0.3 is 0 Å². The van der Waals surface area contributed by atoms with E-state index in [0.717, 1.165) is 30.8 Å². The minimum Gasteiger partial charge on any atom is -0.484 e. The van der Waals surface area contributed by atoms with Crippen molar-refractivity contribution in [2.24, 2.45) is 0 Å². The summed E-state index contributed by atoms with van der Waals surface area (Å²) in [6.07, 6.45) is 2.38. The molecule has 0 radical (unpaired) electrons. The lowest BCUT2D eigenvalue weighted by Gasteiger charge is -2.16. The van der Waals surface area contributed by atoms with Gasteiger partial charge in [-0.1, -0.05) is 25.1 Å². The molecule has 1 fully saturated rings. The molecule has 1 saturated heterocycles. The molecule has 1 heterocycles. The van der Waals surface area contributed by atoms with Crippen LogP contribution in [0.2, 0.25) is 0 Å². The standard InChI is InChI=1S/C20H22N2O3/c1-2-15-6-3-7-16(12-15)21-19(23)14-25-18-9-4-8-17(13-18)22-11-5-10-20(22)24/h3-4,6-9,12-13H,2,5,10-11,14H2,1H3,(H,21,23). The summed E-state index contributed by atoms with van der Waals surface area (Å²) in [6.45, 7) is 2.73. The Morgan fingerprint density at radius 2 is 2.04 bits per heavy atom. The van der Waals surface area contributed by atoms with Gasteiger partial charge < -0.3 is 15.0 Å². The molecule has 130 valence electrons. The predicted molar refractivity (Wildman–Crippen MR) is 98.0 cm³/mol. The van der Waals surface area contributed by atoms with Crippen LogP contribution in [0.3, 0.4) is 0 Å². The first-order valence-electron chi connectivity index (χ1n) is 8.57. The van der Waals surface area contributed by atoms with Gasteiger partial charge in [0.15, 0.2) is 6.61 Å². The third-order valence-corrected chi connectivity index (χ3v) is 4.19. The number of hydrogen-bond donors (Lipinski definition) is 1. The zero-order chi connectivity index (χ0) is 17.6. The van der Waals surface area contributed by atoms with Crippen molar-refractivity contribution in [3.8, 4) is 5.75 Å². The second-order valence-corrected chi connectivity index (χ2v) is 6.04. The highest BCUT2D eigenvalue weighted by atomic mass is 16.5. The normalized spacial score (nSPS) is 13.8. The van der Waals surface area contributed by atoms with E-state index >= 15 is 0 Å². The number of anilines is 2. The third-order valence-electron chi connectivity index (χ3n) is 4.19. The van der Waals surface area contributed by atoms with Gasteiger partial charge in [-0.3, -0.25) is 9.59 Å². The number of amides is 2. The lowest BCUT2D eigenvalue weighted by atomic mass is 10.1. The summed E-state index contributed by atoms with van der Waals surface area (Å²) in [7, 11) is 0. The molecule has 5 nitrogen and oxygen atoms in total. The first-order valence-corrected chi connectivity index (χ1v) is 8.57. The minimum atomic E-state index is -0.212. The highest BCUT2D eigenvalue weighted by Gasteiger charge is 2.21. The topological polar surface area (TPSA) is 58.6 Å². The van der Waals surface area contributed by atoms with E-state index in [1.54, 1.807) is 17.0 Å². The molecule has 25 heavy (non-hydrogen) atoms. The molecule has 0 saturated carbocycles. The van der Waals surface area contributed by atoms with E-state index in [9.17, 15) is 9.59 Å². The summed E-state index contributed by atoms with van der Waals surface area (Å²) in [5.74, 6) is 0.497. The van der Waals surface area contributed by atoms with Gasteiger partial charge in [0.1, 0.15) is 5.75 Å². The molecule has 5 heteroatoms. The van der Waals surface area contributed by atoms with Crippen molar-refractivity contribution in [1.29, 1.82) is 0 Å². The van der Waals surface area contributed by atoms with Crippen molar-refractivity contribution in [2.45, 2.75) is 26.2 Å². The Labute approximate surface area is 147 Å². The Balaban J connectivity index is 1.57. The fourth-order valence-electron chi connectivity index (χ4n) is 2.88. The van der Waals surface area contributed by atoms with Crippen molar-refractivity contribution < 1.29 is 14.3 Å². The van der Waals surface area contributed by atoms with Gasteiger partial charge in [-0.15, -0.1) is 0 Å². The number of rotatable bonds is 6. The van der Waals surface area contributed by atoms with Crippen LogP contribution < -0.4 is 15.0 Å². The molecule has 1 aliphatic heterocycles. The van der Waals surface area contributed by atoms with Crippen molar-refractivity contribution in [3.05, 3.63) is 54.1 Å². The molecule has 0 bridgehead atoms. The second-order valence-electron chi connectivity index (χ2n) is 6.04. The summed E-state index contributed by atoms with van der Waals surface area (Å²) < 4.78 is 5.58. The van der Waals surface area contributed by atoms with Crippen molar-refractivity contribution in [1.82, 2.24) is 0 Å². The lowest BCUT2D eigenvalue weighted by Crippen LogP contribution is -2.24. The number of carbonyl (C=O) groups is 2. The summed E-state index contributed by atoms with van der Waals surface area (Å²) in [5.41, 5.74) is 2.75. The summed E-state index contributed by atoms with van der Waals surface area (Å²) in [5, 5.41) is 2.84. The SMILES string of the molecule is CCc1cccc(NC(=O)COc2cccc(N3CCCC3=O)c2)c1. The highest BCUT2D eigenvalue weighted by molar-refractivity contribution is 5.95. The predicted octanol–water partition coefficient (Wildman–Crippen LogP) is 3.39. The molecular weight excluding hydrogens is 316 g/mol. The van der Waals surface area contributed by atoms with Gasteiger partial charge in [0.05, 0.1) is 0 Å². The van der Waals surface area contributed by atoms with E-state index in [0.29, 0.717) is 12.2 Å². The maximum Gasteiger partial charge on any atom is 0.262 e. The van der Waals surface area contributed by atoms with E-state index in [-0.39, 0.29) is 18.4 Å². The molecule has 0 aromatic heterocycles. The van der Waals surface area contributed by atoms with Crippen LogP contribution >= 0.6 is 0 Å². The van der Waals surface area contributed by atoms with Crippen molar-refractivity contribution in [3.63, 3.8) is 0 Å². The smallest absolute Gasteiger partial charge is 0.262 e. The van der Waals surface area contributed by atoms with Crippen molar-refractivity contribution in [2.75, 3.05) is 23.4 Å². The minimum absolute atomic E-state index is 0.0756. The first kappa shape index (κ1) is 17.0. The molecule has 1 N–H and O–H groups in total. The summed E-state index contributed by atoms with van der Waals surface area (Å²) in [6, 6.07) is 15.1. The van der Waals surface area contributed by atoms with Crippen LogP contribution in [0, 0.1) is 0 Å². The van der Waals surface area contributed by atoms with Gasteiger partial charge in [-0.25, -0.2) is 0 Å². The van der Waals surface area contributed by atoms with E-state index in [1.807, 2.05) is 36.4 Å². The molecule has 0 spiro atoms. The molecule has 2 aromatic carbocycles.